The Morgan fingerprint density at radius 3 is 2.73 bits per heavy atom. The highest BCUT2D eigenvalue weighted by molar-refractivity contribution is 7.90. The Kier molecular flexibility index (Phi) is 6.63. The predicted molar refractivity (Wildman–Crippen MR) is 158 cm³/mol. The largest absolute Gasteiger partial charge is 0.487 e. The number of sulfone groups is 1. The summed E-state index contributed by atoms with van der Waals surface area (Å²) < 4.78 is 40.5. The fourth-order valence-electron chi connectivity index (χ4n) is 6.00. The van der Waals surface area contributed by atoms with E-state index in [2.05, 4.69) is 24.3 Å². The summed E-state index contributed by atoms with van der Waals surface area (Å²) in [4.78, 5) is 0.352. The second kappa shape index (κ2) is 10.5. The molecule has 2 atom stereocenters. The minimum Gasteiger partial charge on any atom is -0.487 e. The van der Waals surface area contributed by atoms with Gasteiger partial charge in [-0.3, -0.25) is 0 Å². The molecule has 2 aromatic carbocycles. The maximum absolute atomic E-state index is 12.2. The molecular formula is C32H32N4O4S. The molecule has 41 heavy (non-hydrogen) atoms. The second-order valence-corrected chi connectivity index (χ2v) is 13.0. The summed E-state index contributed by atoms with van der Waals surface area (Å²) >= 11 is 0. The van der Waals surface area contributed by atoms with E-state index in [1.807, 2.05) is 51.9 Å². The smallest absolute Gasteiger partial charge is 0.183 e. The van der Waals surface area contributed by atoms with Gasteiger partial charge < -0.3 is 9.47 Å². The van der Waals surface area contributed by atoms with Crippen LogP contribution in [0.15, 0.2) is 84.0 Å². The molecule has 1 aliphatic carbocycles. The van der Waals surface area contributed by atoms with Gasteiger partial charge in [0.15, 0.2) is 21.7 Å². The number of fused-ring (bicyclic) bond motifs is 3. The molecule has 210 valence electrons. The van der Waals surface area contributed by atoms with Crippen LogP contribution in [0.1, 0.15) is 60.9 Å². The van der Waals surface area contributed by atoms with Crippen LogP contribution in [0.25, 0.3) is 22.1 Å². The maximum atomic E-state index is 12.2. The van der Waals surface area contributed by atoms with Gasteiger partial charge in [0.25, 0.3) is 0 Å². The zero-order valence-corrected chi connectivity index (χ0v) is 23.8. The normalized spacial score (nSPS) is 19.6. The lowest BCUT2D eigenvalue weighted by atomic mass is 9.99. The zero-order chi connectivity index (χ0) is 28.0. The number of benzene rings is 2. The van der Waals surface area contributed by atoms with Crippen LogP contribution >= 0.6 is 0 Å². The SMILES string of the molecule is CS(=O)(=O)c1cccc(C2C=C(c3cc(OCc4ccccc4)cn4nc5c(cnn5C5CCCCO5)c34)CC2)c1. The van der Waals surface area contributed by atoms with Gasteiger partial charge in [-0.05, 0) is 67.0 Å². The molecule has 8 nitrogen and oxygen atoms in total. The first kappa shape index (κ1) is 26.0. The molecule has 1 fully saturated rings. The molecule has 7 rings (SSSR count). The first-order chi connectivity index (χ1) is 19.9. The Morgan fingerprint density at radius 2 is 1.93 bits per heavy atom. The molecule has 1 aliphatic heterocycles. The van der Waals surface area contributed by atoms with Gasteiger partial charge in [-0.15, -0.1) is 5.10 Å². The highest BCUT2D eigenvalue weighted by atomic mass is 32.2. The molecule has 2 unspecified atom stereocenters. The van der Waals surface area contributed by atoms with E-state index in [-0.39, 0.29) is 12.1 Å². The molecule has 0 bridgehead atoms. The number of allylic oxidation sites excluding steroid dienone is 2. The van der Waals surface area contributed by atoms with Gasteiger partial charge in [-0.1, -0.05) is 48.5 Å². The van der Waals surface area contributed by atoms with E-state index in [1.165, 1.54) is 11.8 Å². The highest BCUT2D eigenvalue weighted by Gasteiger charge is 2.26. The molecule has 0 amide bonds. The van der Waals surface area contributed by atoms with E-state index in [9.17, 15) is 8.42 Å². The summed E-state index contributed by atoms with van der Waals surface area (Å²) in [7, 11) is -3.28. The lowest BCUT2D eigenvalue weighted by Crippen LogP contribution is -2.19. The molecule has 0 saturated carbocycles. The number of aromatic nitrogens is 4. The number of hydrogen-bond donors (Lipinski definition) is 0. The van der Waals surface area contributed by atoms with Gasteiger partial charge in [-0.2, -0.15) is 5.10 Å². The zero-order valence-electron chi connectivity index (χ0n) is 22.9. The first-order valence-electron chi connectivity index (χ1n) is 14.1. The van der Waals surface area contributed by atoms with E-state index in [0.29, 0.717) is 11.5 Å². The third-order valence-electron chi connectivity index (χ3n) is 8.11. The molecule has 0 radical (unpaired) electrons. The van der Waals surface area contributed by atoms with Crippen LogP contribution < -0.4 is 4.74 Å². The third kappa shape index (κ3) is 5.04. The second-order valence-electron chi connectivity index (χ2n) is 11.0. The Labute approximate surface area is 239 Å². The van der Waals surface area contributed by atoms with Crippen LogP contribution in [0.3, 0.4) is 0 Å². The summed E-state index contributed by atoms with van der Waals surface area (Å²) in [6, 6.07) is 19.5. The topological polar surface area (TPSA) is 87.7 Å². The van der Waals surface area contributed by atoms with Crippen LogP contribution in [-0.2, 0) is 21.2 Å². The monoisotopic (exact) mass is 568 g/mol. The van der Waals surface area contributed by atoms with Crippen molar-refractivity contribution in [1.82, 2.24) is 19.4 Å². The van der Waals surface area contributed by atoms with Crippen molar-refractivity contribution in [3.63, 3.8) is 0 Å². The van der Waals surface area contributed by atoms with E-state index in [1.54, 1.807) is 12.1 Å². The molecule has 9 heteroatoms. The molecule has 5 aromatic rings. The van der Waals surface area contributed by atoms with Crippen molar-refractivity contribution in [1.29, 1.82) is 0 Å². The average Bonchev–Trinajstić information content (AvgIpc) is 3.72. The minimum absolute atomic E-state index is 0.111. The van der Waals surface area contributed by atoms with Crippen molar-refractivity contribution < 1.29 is 17.9 Å². The standard InChI is InChI=1S/C32H32N4O4S/c1-41(37,38)27-11-7-10-23(17-27)24-13-14-25(16-24)28-18-26(40-21-22-8-3-2-4-9-22)20-35-31(28)29-19-33-36(32(29)34-35)30-12-5-6-15-39-30/h2-4,7-11,16-20,24,30H,5-6,12-15,21H2,1H3. The first-order valence-corrected chi connectivity index (χ1v) is 16.0. The molecule has 0 spiro atoms. The van der Waals surface area contributed by atoms with Gasteiger partial charge in [0.2, 0.25) is 0 Å². The van der Waals surface area contributed by atoms with Gasteiger partial charge in [0, 0.05) is 24.3 Å². The van der Waals surface area contributed by atoms with Crippen molar-refractivity contribution in [2.75, 3.05) is 12.9 Å². The predicted octanol–water partition coefficient (Wildman–Crippen LogP) is 6.33. The van der Waals surface area contributed by atoms with Crippen molar-refractivity contribution in [2.45, 2.75) is 55.8 Å². The molecule has 1 saturated heterocycles. The van der Waals surface area contributed by atoms with Crippen LogP contribution in [0.5, 0.6) is 5.75 Å². The molecular weight excluding hydrogens is 536 g/mol. The average molecular weight is 569 g/mol. The van der Waals surface area contributed by atoms with Crippen LogP contribution in [0.4, 0.5) is 0 Å². The molecule has 2 aliphatic rings. The van der Waals surface area contributed by atoms with E-state index in [4.69, 9.17) is 19.7 Å². The minimum atomic E-state index is -3.28. The van der Waals surface area contributed by atoms with Gasteiger partial charge in [0.05, 0.1) is 28.2 Å². The van der Waals surface area contributed by atoms with Gasteiger partial charge >= 0.3 is 0 Å². The lowest BCUT2D eigenvalue weighted by molar-refractivity contribution is -0.0370. The summed E-state index contributed by atoms with van der Waals surface area (Å²) in [5, 5.41) is 10.7. The Morgan fingerprint density at radius 1 is 1.05 bits per heavy atom. The van der Waals surface area contributed by atoms with E-state index in [0.717, 1.165) is 77.7 Å². The van der Waals surface area contributed by atoms with E-state index >= 15 is 0 Å². The Balaban J connectivity index is 1.31. The van der Waals surface area contributed by atoms with Crippen LogP contribution in [0, 0.1) is 0 Å². The summed E-state index contributed by atoms with van der Waals surface area (Å²) in [6.07, 6.45) is 12.1. The lowest BCUT2D eigenvalue weighted by Gasteiger charge is -2.22. The van der Waals surface area contributed by atoms with E-state index < -0.39 is 9.84 Å². The van der Waals surface area contributed by atoms with Crippen molar-refractivity contribution in [2.24, 2.45) is 0 Å². The van der Waals surface area contributed by atoms with Crippen molar-refractivity contribution in [3.05, 3.63) is 95.8 Å². The molecule has 4 heterocycles. The summed E-state index contributed by atoms with van der Waals surface area (Å²) in [5.74, 6) is 0.857. The van der Waals surface area contributed by atoms with Crippen molar-refractivity contribution in [3.8, 4) is 5.75 Å². The number of nitrogens with zero attached hydrogens (tertiary/aromatic N) is 4. The quantitative estimate of drug-likeness (QED) is 0.228. The Bertz CT molecular complexity index is 1870. The number of pyridine rings is 1. The van der Waals surface area contributed by atoms with Gasteiger partial charge in [-0.25, -0.2) is 17.6 Å². The highest BCUT2D eigenvalue weighted by Crippen LogP contribution is 2.42. The van der Waals surface area contributed by atoms with Gasteiger partial charge in [0.1, 0.15) is 12.4 Å². The number of ether oxygens (including phenoxy) is 2. The summed E-state index contributed by atoms with van der Waals surface area (Å²) in [5.41, 5.74) is 6.15. The summed E-state index contributed by atoms with van der Waals surface area (Å²) in [6.45, 7) is 1.19. The fraction of sp³-hybridized carbons (Fsp3) is 0.312. The Hall–Kier alpha value is -3.95. The van der Waals surface area contributed by atoms with Crippen LogP contribution in [-0.4, -0.2) is 40.7 Å². The fourth-order valence-corrected chi connectivity index (χ4v) is 6.68. The third-order valence-corrected chi connectivity index (χ3v) is 9.22. The molecule has 3 aromatic heterocycles. The number of hydrogen-bond acceptors (Lipinski definition) is 6. The van der Waals surface area contributed by atoms with Crippen LogP contribution in [0.2, 0.25) is 0 Å². The maximum Gasteiger partial charge on any atom is 0.183 e. The number of rotatable bonds is 7. The van der Waals surface area contributed by atoms with Crippen molar-refractivity contribution >= 4 is 32.0 Å². The molecule has 0 N–H and O–H groups in total.